The summed E-state index contributed by atoms with van der Waals surface area (Å²) < 4.78 is 5.34. The highest BCUT2D eigenvalue weighted by Gasteiger charge is 2.22. The van der Waals surface area contributed by atoms with Crippen LogP contribution in [0.1, 0.15) is 64.1 Å². The standard InChI is InChI=1S/C20H33N3O2/c1-5-8-16(14-22-19(24)25-20(2,3)4)23-18-11-12-21-13-15-9-6-7-10-17(15)18/h6-7,9-10,16,18,21,23H,5,8,11-14H2,1-4H3,(H,22,24). The van der Waals surface area contributed by atoms with Crippen molar-refractivity contribution in [1.82, 2.24) is 16.0 Å². The molecule has 0 radical (unpaired) electrons. The van der Waals surface area contributed by atoms with Gasteiger partial charge in [-0.2, -0.15) is 0 Å². The van der Waals surface area contributed by atoms with Gasteiger partial charge in [0.05, 0.1) is 0 Å². The summed E-state index contributed by atoms with van der Waals surface area (Å²) >= 11 is 0. The molecule has 0 saturated heterocycles. The number of ether oxygens (including phenoxy) is 1. The summed E-state index contributed by atoms with van der Waals surface area (Å²) in [6, 6.07) is 9.14. The molecule has 1 aromatic rings. The molecular weight excluding hydrogens is 314 g/mol. The summed E-state index contributed by atoms with van der Waals surface area (Å²) in [7, 11) is 0. The first-order valence-electron chi connectivity index (χ1n) is 9.40. The molecule has 140 valence electrons. The second-order valence-electron chi connectivity index (χ2n) is 7.75. The maximum atomic E-state index is 11.9. The van der Waals surface area contributed by atoms with Crippen molar-refractivity contribution >= 4 is 6.09 Å². The molecule has 1 aliphatic heterocycles. The highest BCUT2D eigenvalue weighted by molar-refractivity contribution is 5.67. The second-order valence-corrected chi connectivity index (χ2v) is 7.75. The Morgan fingerprint density at radius 1 is 1.36 bits per heavy atom. The van der Waals surface area contributed by atoms with Crippen LogP contribution in [0.25, 0.3) is 0 Å². The summed E-state index contributed by atoms with van der Waals surface area (Å²) in [6.07, 6.45) is 2.78. The lowest BCUT2D eigenvalue weighted by atomic mass is 9.98. The topological polar surface area (TPSA) is 62.4 Å². The zero-order valence-corrected chi connectivity index (χ0v) is 16.0. The average molecular weight is 348 g/mol. The van der Waals surface area contributed by atoms with Gasteiger partial charge in [-0.1, -0.05) is 37.6 Å². The molecule has 0 saturated carbocycles. The lowest BCUT2D eigenvalue weighted by Gasteiger charge is -2.27. The fourth-order valence-electron chi connectivity index (χ4n) is 3.23. The summed E-state index contributed by atoms with van der Waals surface area (Å²) in [6.45, 7) is 10.3. The van der Waals surface area contributed by atoms with Crippen molar-refractivity contribution in [3.8, 4) is 0 Å². The van der Waals surface area contributed by atoms with E-state index in [9.17, 15) is 4.79 Å². The van der Waals surface area contributed by atoms with Gasteiger partial charge in [-0.25, -0.2) is 4.79 Å². The molecule has 3 N–H and O–H groups in total. The minimum atomic E-state index is -0.469. The van der Waals surface area contributed by atoms with Gasteiger partial charge in [0, 0.05) is 25.2 Å². The van der Waals surface area contributed by atoms with Crippen molar-refractivity contribution in [2.45, 2.75) is 71.2 Å². The molecular formula is C20H33N3O2. The van der Waals surface area contributed by atoms with Crippen molar-refractivity contribution in [3.63, 3.8) is 0 Å². The number of benzene rings is 1. The van der Waals surface area contributed by atoms with Gasteiger partial charge in [0.15, 0.2) is 0 Å². The summed E-state index contributed by atoms with van der Waals surface area (Å²) in [5.74, 6) is 0. The molecule has 2 atom stereocenters. The van der Waals surface area contributed by atoms with E-state index >= 15 is 0 Å². The smallest absolute Gasteiger partial charge is 0.407 e. The molecule has 0 fully saturated rings. The van der Waals surface area contributed by atoms with E-state index in [0.29, 0.717) is 12.6 Å². The number of alkyl carbamates (subject to hydrolysis) is 1. The highest BCUT2D eigenvalue weighted by atomic mass is 16.6. The molecule has 1 heterocycles. The first-order valence-corrected chi connectivity index (χ1v) is 9.40. The number of fused-ring (bicyclic) bond motifs is 1. The van der Waals surface area contributed by atoms with E-state index in [1.807, 2.05) is 20.8 Å². The maximum absolute atomic E-state index is 11.9. The zero-order valence-electron chi connectivity index (χ0n) is 16.0. The Morgan fingerprint density at radius 2 is 2.12 bits per heavy atom. The summed E-state index contributed by atoms with van der Waals surface area (Å²) in [4.78, 5) is 11.9. The molecule has 2 rings (SSSR count). The van der Waals surface area contributed by atoms with Gasteiger partial charge >= 0.3 is 6.09 Å². The first-order chi connectivity index (χ1) is 11.9. The van der Waals surface area contributed by atoms with Crippen molar-refractivity contribution in [1.29, 1.82) is 0 Å². The van der Waals surface area contributed by atoms with Crippen LogP contribution >= 0.6 is 0 Å². The largest absolute Gasteiger partial charge is 0.444 e. The van der Waals surface area contributed by atoms with Crippen molar-refractivity contribution < 1.29 is 9.53 Å². The fraction of sp³-hybridized carbons (Fsp3) is 0.650. The summed E-state index contributed by atoms with van der Waals surface area (Å²) in [5.41, 5.74) is 2.25. The number of hydrogen-bond acceptors (Lipinski definition) is 4. The third kappa shape index (κ3) is 6.67. The van der Waals surface area contributed by atoms with Gasteiger partial charge in [0.25, 0.3) is 0 Å². The predicted molar refractivity (Wildman–Crippen MR) is 102 cm³/mol. The minimum absolute atomic E-state index is 0.230. The molecule has 5 heteroatoms. The van der Waals surface area contributed by atoms with Gasteiger partial charge in [0.2, 0.25) is 0 Å². The average Bonchev–Trinajstić information content (AvgIpc) is 2.74. The molecule has 5 nitrogen and oxygen atoms in total. The van der Waals surface area contributed by atoms with E-state index in [0.717, 1.165) is 32.4 Å². The van der Waals surface area contributed by atoms with E-state index in [4.69, 9.17) is 4.74 Å². The van der Waals surface area contributed by atoms with Crippen LogP contribution in [-0.4, -0.2) is 30.8 Å². The van der Waals surface area contributed by atoms with Gasteiger partial charge in [0.1, 0.15) is 5.60 Å². The number of hydrogen-bond donors (Lipinski definition) is 3. The van der Waals surface area contributed by atoms with Crippen molar-refractivity contribution in [2.75, 3.05) is 13.1 Å². The first kappa shape index (κ1) is 19.7. The van der Waals surface area contributed by atoms with Gasteiger partial charge in [-0.15, -0.1) is 0 Å². The van der Waals surface area contributed by atoms with Gasteiger partial charge in [-0.3, -0.25) is 0 Å². The second kappa shape index (κ2) is 9.20. The van der Waals surface area contributed by atoms with Crippen LogP contribution in [0.5, 0.6) is 0 Å². The molecule has 25 heavy (non-hydrogen) atoms. The van der Waals surface area contributed by atoms with Crippen molar-refractivity contribution in [2.24, 2.45) is 0 Å². The van der Waals surface area contributed by atoms with Gasteiger partial charge in [-0.05, 0) is 51.3 Å². The molecule has 1 aliphatic rings. The molecule has 0 spiro atoms. The van der Waals surface area contributed by atoms with Crippen LogP contribution in [0.2, 0.25) is 0 Å². The molecule has 2 unspecified atom stereocenters. The fourth-order valence-corrected chi connectivity index (χ4v) is 3.23. The Balaban J connectivity index is 1.97. The Bertz CT molecular complexity index is 554. The van der Waals surface area contributed by atoms with Crippen LogP contribution in [0.4, 0.5) is 4.79 Å². The van der Waals surface area contributed by atoms with Crippen molar-refractivity contribution in [3.05, 3.63) is 35.4 Å². The molecule has 1 amide bonds. The SMILES string of the molecule is CCCC(CNC(=O)OC(C)(C)C)NC1CCNCc2ccccc21. The lowest BCUT2D eigenvalue weighted by Crippen LogP contribution is -2.44. The van der Waals surface area contributed by atoms with Crippen LogP contribution in [-0.2, 0) is 11.3 Å². The maximum Gasteiger partial charge on any atom is 0.407 e. The molecule has 1 aromatic carbocycles. The Morgan fingerprint density at radius 3 is 2.84 bits per heavy atom. The number of rotatable bonds is 6. The minimum Gasteiger partial charge on any atom is -0.444 e. The quantitative estimate of drug-likeness (QED) is 0.737. The number of amides is 1. The van der Waals surface area contributed by atoms with E-state index < -0.39 is 5.60 Å². The Hall–Kier alpha value is -1.59. The van der Waals surface area contributed by atoms with Crippen LogP contribution in [0, 0.1) is 0 Å². The van der Waals surface area contributed by atoms with E-state index in [-0.39, 0.29) is 12.1 Å². The lowest BCUT2D eigenvalue weighted by molar-refractivity contribution is 0.0520. The van der Waals surface area contributed by atoms with Crippen LogP contribution in [0.15, 0.2) is 24.3 Å². The highest BCUT2D eigenvalue weighted by Crippen LogP contribution is 2.24. The van der Waals surface area contributed by atoms with E-state index in [1.54, 1.807) is 0 Å². The number of nitrogens with one attached hydrogen (secondary N) is 3. The summed E-state index contributed by atoms with van der Waals surface area (Å²) in [5, 5.41) is 10.2. The number of carbonyl (C=O) groups excluding carboxylic acids is 1. The predicted octanol–water partition coefficient (Wildman–Crippen LogP) is 3.50. The third-order valence-corrected chi connectivity index (χ3v) is 4.32. The van der Waals surface area contributed by atoms with E-state index in [1.165, 1.54) is 11.1 Å². The van der Waals surface area contributed by atoms with E-state index in [2.05, 4.69) is 47.1 Å². The molecule has 0 aromatic heterocycles. The van der Waals surface area contributed by atoms with Gasteiger partial charge < -0.3 is 20.7 Å². The van der Waals surface area contributed by atoms with Crippen LogP contribution in [0.3, 0.4) is 0 Å². The monoisotopic (exact) mass is 347 g/mol. The molecule has 0 aliphatic carbocycles. The van der Waals surface area contributed by atoms with Crippen LogP contribution < -0.4 is 16.0 Å². The third-order valence-electron chi connectivity index (χ3n) is 4.32. The normalized spacial score (nSPS) is 18.8. The Labute approximate surface area is 151 Å². The molecule has 0 bridgehead atoms. The zero-order chi connectivity index (χ0) is 18.3. The Kier molecular flexibility index (Phi) is 7.26. The number of carbonyl (C=O) groups is 1.